The van der Waals surface area contributed by atoms with E-state index in [2.05, 4.69) is 17.0 Å². The largest absolute Gasteiger partial charge is 0.478 e. The van der Waals surface area contributed by atoms with E-state index in [0.717, 1.165) is 41.6 Å². The Balaban J connectivity index is 1.65. The third-order valence-electron chi connectivity index (χ3n) is 6.82. The van der Waals surface area contributed by atoms with Crippen molar-refractivity contribution in [1.82, 2.24) is 4.90 Å². The van der Waals surface area contributed by atoms with Gasteiger partial charge < -0.3 is 20.7 Å². The van der Waals surface area contributed by atoms with Gasteiger partial charge >= 0.3 is 5.97 Å². The first-order chi connectivity index (χ1) is 17.9. The molecule has 0 aliphatic carbocycles. The van der Waals surface area contributed by atoms with Crippen LogP contribution in [-0.2, 0) is 17.7 Å². The molecule has 0 bridgehead atoms. The number of likely N-dealkylation sites (tertiary alicyclic amines) is 1. The maximum Gasteiger partial charge on any atom is 0.335 e. The standard InChI is InChI=1S/C29H32Cl2N2O4/c30-24-14-23(15-25(31)16-24)27(18-34)37-26-7-4-12-33(28(26)19-5-2-1-3-6-19)17-22-9-8-21(29(35)36)13-20(22)10-11-32/h1-3,5-6,8-9,13-16,26-28,34H,4,7,10-12,17-18,32H2,(H,35,36)/t26-,27+,28-/m0/s1. The van der Waals surface area contributed by atoms with Crippen LogP contribution in [0.4, 0.5) is 0 Å². The molecule has 3 atom stereocenters. The molecule has 3 aromatic carbocycles. The van der Waals surface area contributed by atoms with Crippen molar-refractivity contribution in [3.63, 3.8) is 0 Å². The molecule has 3 aromatic rings. The number of nitrogens with two attached hydrogens (primary N) is 1. The maximum atomic E-state index is 11.5. The lowest BCUT2D eigenvalue weighted by Crippen LogP contribution is -2.43. The smallest absolute Gasteiger partial charge is 0.335 e. The van der Waals surface area contributed by atoms with Crippen LogP contribution < -0.4 is 5.73 Å². The normalized spacial score (nSPS) is 19.0. The molecule has 4 N–H and O–H groups in total. The third kappa shape index (κ3) is 6.90. The van der Waals surface area contributed by atoms with Crippen LogP contribution in [0.2, 0.25) is 10.0 Å². The summed E-state index contributed by atoms with van der Waals surface area (Å²) in [6.07, 6.45) is 1.58. The minimum atomic E-state index is -0.949. The number of carboxylic acids is 1. The van der Waals surface area contributed by atoms with Crippen LogP contribution in [0, 0.1) is 0 Å². The lowest BCUT2D eigenvalue weighted by atomic mass is 9.90. The van der Waals surface area contributed by atoms with Gasteiger partial charge in [-0.05, 0) is 84.9 Å². The summed E-state index contributed by atoms with van der Waals surface area (Å²) in [6, 6.07) is 20.6. The van der Waals surface area contributed by atoms with E-state index < -0.39 is 12.1 Å². The number of aliphatic hydroxyl groups excluding tert-OH is 1. The highest BCUT2D eigenvalue weighted by atomic mass is 35.5. The maximum absolute atomic E-state index is 11.5. The quantitative estimate of drug-likeness (QED) is 0.306. The van der Waals surface area contributed by atoms with Crippen molar-refractivity contribution in [2.75, 3.05) is 19.7 Å². The van der Waals surface area contributed by atoms with Gasteiger partial charge in [0.05, 0.1) is 24.3 Å². The predicted molar refractivity (Wildman–Crippen MR) is 146 cm³/mol. The van der Waals surface area contributed by atoms with Crippen molar-refractivity contribution >= 4 is 29.2 Å². The van der Waals surface area contributed by atoms with Gasteiger partial charge in [0.15, 0.2) is 0 Å². The van der Waals surface area contributed by atoms with Crippen molar-refractivity contribution in [3.05, 3.63) is 105 Å². The van der Waals surface area contributed by atoms with Crippen LogP contribution in [0.3, 0.4) is 0 Å². The van der Waals surface area contributed by atoms with Gasteiger partial charge in [-0.2, -0.15) is 0 Å². The Labute approximate surface area is 227 Å². The summed E-state index contributed by atoms with van der Waals surface area (Å²) in [5, 5.41) is 20.7. The van der Waals surface area contributed by atoms with Crippen LogP contribution in [0.15, 0.2) is 66.7 Å². The Morgan fingerprint density at radius 1 is 1.05 bits per heavy atom. The summed E-state index contributed by atoms with van der Waals surface area (Å²) in [7, 11) is 0. The van der Waals surface area contributed by atoms with E-state index in [4.69, 9.17) is 33.7 Å². The molecule has 1 fully saturated rings. The van der Waals surface area contributed by atoms with Crippen LogP contribution in [0.5, 0.6) is 0 Å². The molecular formula is C29H32Cl2N2O4. The van der Waals surface area contributed by atoms with Crippen molar-refractivity contribution in [1.29, 1.82) is 0 Å². The van der Waals surface area contributed by atoms with E-state index in [1.807, 2.05) is 24.3 Å². The number of hydrogen-bond donors (Lipinski definition) is 3. The Hall–Kier alpha value is -2.45. The van der Waals surface area contributed by atoms with Crippen LogP contribution in [0.25, 0.3) is 0 Å². The van der Waals surface area contributed by atoms with Crippen LogP contribution >= 0.6 is 23.2 Å². The lowest BCUT2D eigenvalue weighted by molar-refractivity contribution is -0.100. The number of carboxylic acid groups (broad SMARTS) is 1. The molecule has 1 heterocycles. The third-order valence-corrected chi connectivity index (χ3v) is 7.26. The van der Waals surface area contributed by atoms with Crippen molar-refractivity contribution in [3.8, 4) is 0 Å². The van der Waals surface area contributed by atoms with E-state index in [1.165, 1.54) is 0 Å². The first-order valence-electron chi connectivity index (χ1n) is 12.5. The second-order valence-electron chi connectivity index (χ2n) is 9.34. The Bertz CT molecular complexity index is 1190. The summed E-state index contributed by atoms with van der Waals surface area (Å²) in [5.74, 6) is -0.949. The SMILES string of the molecule is NCCc1cc(C(=O)O)ccc1CN1CCC[C@H](O[C@H](CO)c2cc(Cl)cc(Cl)c2)[C@@H]1c1ccccc1. The average molecular weight is 543 g/mol. The van der Waals surface area contributed by atoms with E-state index in [0.29, 0.717) is 29.6 Å². The minimum Gasteiger partial charge on any atom is -0.478 e. The van der Waals surface area contributed by atoms with Gasteiger partial charge in [-0.15, -0.1) is 0 Å². The highest BCUT2D eigenvalue weighted by Crippen LogP contribution is 2.38. The lowest BCUT2D eigenvalue weighted by Gasteiger charge is -2.43. The molecule has 37 heavy (non-hydrogen) atoms. The Morgan fingerprint density at radius 2 is 1.78 bits per heavy atom. The number of rotatable bonds is 10. The molecule has 196 valence electrons. The molecule has 0 unspecified atom stereocenters. The first-order valence-corrected chi connectivity index (χ1v) is 13.2. The second-order valence-corrected chi connectivity index (χ2v) is 10.2. The number of ether oxygens (including phenoxy) is 1. The number of aromatic carboxylic acids is 1. The minimum absolute atomic E-state index is 0.0662. The number of nitrogens with zero attached hydrogens (tertiary/aromatic N) is 1. The molecule has 1 saturated heterocycles. The molecule has 0 spiro atoms. The van der Waals surface area contributed by atoms with Gasteiger partial charge in [0.2, 0.25) is 0 Å². The fraction of sp³-hybridized carbons (Fsp3) is 0.345. The van der Waals surface area contributed by atoms with Gasteiger partial charge in [-0.1, -0.05) is 59.6 Å². The summed E-state index contributed by atoms with van der Waals surface area (Å²) in [4.78, 5) is 13.9. The van der Waals surface area contributed by atoms with Gasteiger partial charge in [-0.25, -0.2) is 4.79 Å². The number of carbonyl (C=O) groups is 1. The highest BCUT2D eigenvalue weighted by Gasteiger charge is 2.35. The van der Waals surface area contributed by atoms with Crippen molar-refractivity contribution in [2.45, 2.75) is 44.1 Å². The molecule has 4 rings (SSSR count). The van der Waals surface area contributed by atoms with E-state index in [-0.39, 0.29) is 24.3 Å². The average Bonchev–Trinajstić information content (AvgIpc) is 2.88. The van der Waals surface area contributed by atoms with Gasteiger partial charge in [0.25, 0.3) is 0 Å². The Morgan fingerprint density at radius 3 is 2.43 bits per heavy atom. The fourth-order valence-electron chi connectivity index (χ4n) is 5.14. The summed E-state index contributed by atoms with van der Waals surface area (Å²) < 4.78 is 6.59. The van der Waals surface area contributed by atoms with Gasteiger partial charge in [0, 0.05) is 16.6 Å². The van der Waals surface area contributed by atoms with E-state index in [1.54, 1.807) is 30.3 Å². The van der Waals surface area contributed by atoms with Crippen LogP contribution in [-0.4, -0.2) is 46.9 Å². The molecular weight excluding hydrogens is 511 g/mol. The van der Waals surface area contributed by atoms with Crippen molar-refractivity contribution in [2.24, 2.45) is 5.73 Å². The molecule has 8 heteroatoms. The van der Waals surface area contributed by atoms with Gasteiger partial charge in [-0.3, -0.25) is 4.90 Å². The van der Waals surface area contributed by atoms with E-state index in [9.17, 15) is 15.0 Å². The molecule has 0 radical (unpaired) electrons. The number of halogens is 2. The van der Waals surface area contributed by atoms with E-state index >= 15 is 0 Å². The topological polar surface area (TPSA) is 96.0 Å². The molecule has 0 amide bonds. The molecule has 1 aliphatic rings. The predicted octanol–water partition coefficient (Wildman–Crippen LogP) is 5.65. The fourth-order valence-corrected chi connectivity index (χ4v) is 5.69. The van der Waals surface area contributed by atoms with Crippen LogP contribution in [0.1, 0.15) is 57.6 Å². The zero-order valence-electron chi connectivity index (χ0n) is 20.5. The summed E-state index contributed by atoms with van der Waals surface area (Å²) in [5.41, 5.74) is 9.97. The number of hydrogen-bond acceptors (Lipinski definition) is 5. The molecule has 0 saturated carbocycles. The number of benzene rings is 3. The summed E-state index contributed by atoms with van der Waals surface area (Å²) in [6.45, 7) is 1.71. The first kappa shape index (κ1) is 27.6. The van der Waals surface area contributed by atoms with Crippen molar-refractivity contribution < 1.29 is 19.7 Å². The zero-order valence-corrected chi connectivity index (χ0v) is 22.0. The number of piperidine rings is 1. The monoisotopic (exact) mass is 542 g/mol. The molecule has 1 aliphatic heterocycles. The Kier molecular flexibility index (Phi) is 9.60. The molecule has 6 nitrogen and oxygen atoms in total. The molecule has 0 aromatic heterocycles. The highest BCUT2D eigenvalue weighted by molar-refractivity contribution is 6.34. The van der Waals surface area contributed by atoms with Gasteiger partial charge in [0.1, 0.15) is 6.10 Å². The second kappa shape index (κ2) is 12.9. The summed E-state index contributed by atoms with van der Waals surface area (Å²) >= 11 is 12.5. The number of aliphatic hydroxyl groups is 1. The zero-order chi connectivity index (χ0) is 26.4.